The monoisotopic (exact) mass is 181 g/mol. The predicted molar refractivity (Wildman–Crippen MR) is 47.6 cm³/mol. The van der Waals surface area contributed by atoms with E-state index in [9.17, 15) is 4.39 Å². The zero-order chi connectivity index (χ0) is 9.42. The number of benzene rings is 1. The minimum absolute atomic E-state index is 0.107. The fourth-order valence-electron chi connectivity index (χ4n) is 1.64. The molecule has 0 aliphatic carbocycles. The Labute approximate surface area is 76.5 Å². The Morgan fingerprint density at radius 1 is 1.54 bits per heavy atom. The van der Waals surface area contributed by atoms with E-state index in [1.807, 2.05) is 13.0 Å². The Morgan fingerprint density at radius 3 is 3.08 bits per heavy atom. The molecule has 3 heteroatoms. The topological polar surface area (TPSA) is 35.2 Å². The highest BCUT2D eigenvalue weighted by atomic mass is 19.1. The molecule has 0 bridgehead atoms. The smallest absolute Gasteiger partial charge is 0.128 e. The molecule has 1 heterocycles. The minimum Gasteiger partial charge on any atom is -0.372 e. The van der Waals surface area contributed by atoms with Crippen LogP contribution in [0.4, 0.5) is 4.39 Å². The Hall–Kier alpha value is -0.930. The largest absolute Gasteiger partial charge is 0.372 e. The van der Waals surface area contributed by atoms with Crippen LogP contribution in [0.25, 0.3) is 0 Å². The molecule has 1 unspecified atom stereocenters. The molecule has 1 aromatic carbocycles. The van der Waals surface area contributed by atoms with Crippen molar-refractivity contribution in [2.24, 2.45) is 5.73 Å². The van der Waals surface area contributed by atoms with E-state index in [-0.39, 0.29) is 18.0 Å². The van der Waals surface area contributed by atoms with Crippen LogP contribution in [0.2, 0.25) is 0 Å². The van der Waals surface area contributed by atoms with Crippen molar-refractivity contribution >= 4 is 0 Å². The molecule has 0 amide bonds. The first-order chi connectivity index (χ1) is 6.20. The number of ether oxygens (including phenoxy) is 1. The van der Waals surface area contributed by atoms with Crippen LogP contribution in [0.15, 0.2) is 18.2 Å². The third kappa shape index (κ3) is 1.34. The Bertz CT molecular complexity index is 327. The second kappa shape index (κ2) is 3.09. The number of halogens is 1. The molecule has 0 spiro atoms. The number of nitrogens with two attached hydrogens (primary N) is 1. The van der Waals surface area contributed by atoms with Gasteiger partial charge >= 0.3 is 0 Å². The highest BCUT2D eigenvalue weighted by Gasteiger charge is 2.26. The zero-order valence-electron chi connectivity index (χ0n) is 7.46. The van der Waals surface area contributed by atoms with E-state index in [0.29, 0.717) is 12.2 Å². The summed E-state index contributed by atoms with van der Waals surface area (Å²) < 4.78 is 18.7. The summed E-state index contributed by atoms with van der Waals surface area (Å²) in [5, 5.41) is 0. The maximum absolute atomic E-state index is 13.4. The molecular weight excluding hydrogens is 169 g/mol. The highest BCUT2D eigenvalue weighted by Crippen LogP contribution is 2.29. The summed E-state index contributed by atoms with van der Waals surface area (Å²) in [5.41, 5.74) is 7.30. The summed E-state index contributed by atoms with van der Waals surface area (Å²) in [7, 11) is 0. The molecule has 2 nitrogen and oxygen atoms in total. The number of hydrogen-bond acceptors (Lipinski definition) is 2. The van der Waals surface area contributed by atoms with Crippen LogP contribution in [0.5, 0.6) is 0 Å². The molecule has 1 aromatic rings. The average molecular weight is 181 g/mol. The van der Waals surface area contributed by atoms with Crippen LogP contribution < -0.4 is 5.73 Å². The summed E-state index contributed by atoms with van der Waals surface area (Å²) in [6, 6.07) is 4.63. The standard InChI is InChI=1S/C10H12FNO/c1-6-10(12)9-7(5-13-6)3-2-4-8(9)11/h2-4,6,10H,5,12H2,1H3/t6-,10?/m0/s1. The van der Waals surface area contributed by atoms with Crippen LogP contribution in [0.1, 0.15) is 24.1 Å². The van der Waals surface area contributed by atoms with Crippen LogP contribution >= 0.6 is 0 Å². The van der Waals surface area contributed by atoms with Gasteiger partial charge in [0.25, 0.3) is 0 Å². The highest BCUT2D eigenvalue weighted by molar-refractivity contribution is 5.33. The lowest BCUT2D eigenvalue weighted by Gasteiger charge is -2.28. The van der Waals surface area contributed by atoms with Gasteiger partial charge in [0.1, 0.15) is 5.82 Å². The summed E-state index contributed by atoms with van der Waals surface area (Å²) >= 11 is 0. The molecule has 2 N–H and O–H groups in total. The van der Waals surface area contributed by atoms with Gasteiger partial charge in [0.15, 0.2) is 0 Å². The van der Waals surface area contributed by atoms with Gasteiger partial charge in [-0.2, -0.15) is 0 Å². The summed E-state index contributed by atoms with van der Waals surface area (Å²) in [5.74, 6) is -0.222. The molecule has 0 radical (unpaired) electrons. The van der Waals surface area contributed by atoms with Gasteiger partial charge in [0.05, 0.1) is 18.8 Å². The SMILES string of the molecule is C[C@@H]1OCc2cccc(F)c2C1N. The fourth-order valence-corrected chi connectivity index (χ4v) is 1.64. The minimum atomic E-state index is -0.343. The van der Waals surface area contributed by atoms with E-state index in [2.05, 4.69) is 0 Å². The number of fused-ring (bicyclic) bond motifs is 1. The molecule has 0 aromatic heterocycles. The molecule has 13 heavy (non-hydrogen) atoms. The van der Waals surface area contributed by atoms with E-state index < -0.39 is 0 Å². The van der Waals surface area contributed by atoms with E-state index >= 15 is 0 Å². The summed E-state index contributed by atoms with van der Waals surface area (Å²) in [6.07, 6.45) is -0.107. The van der Waals surface area contributed by atoms with Gasteiger partial charge in [0.2, 0.25) is 0 Å². The number of rotatable bonds is 0. The average Bonchev–Trinajstić information content (AvgIpc) is 2.12. The zero-order valence-corrected chi connectivity index (χ0v) is 7.46. The predicted octanol–water partition coefficient (Wildman–Crippen LogP) is 1.74. The number of hydrogen-bond donors (Lipinski definition) is 1. The normalized spacial score (nSPS) is 27.0. The van der Waals surface area contributed by atoms with Crippen LogP contribution in [0, 0.1) is 5.82 Å². The van der Waals surface area contributed by atoms with Crippen molar-refractivity contribution in [2.45, 2.75) is 25.7 Å². The molecule has 70 valence electrons. The van der Waals surface area contributed by atoms with Crippen LogP contribution in [-0.2, 0) is 11.3 Å². The van der Waals surface area contributed by atoms with Crippen molar-refractivity contribution in [3.63, 3.8) is 0 Å². The van der Waals surface area contributed by atoms with Crippen molar-refractivity contribution in [3.05, 3.63) is 35.1 Å². The molecular formula is C10H12FNO. The van der Waals surface area contributed by atoms with E-state index in [0.717, 1.165) is 5.56 Å². The van der Waals surface area contributed by atoms with Crippen LogP contribution in [0.3, 0.4) is 0 Å². The lowest BCUT2D eigenvalue weighted by molar-refractivity contribution is 0.0199. The van der Waals surface area contributed by atoms with Crippen molar-refractivity contribution in [1.82, 2.24) is 0 Å². The Balaban J connectivity index is 2.51. The first kappa shape index (κ1) is 8.66. The molecule has 1 aliphatic rings. The Morgan fingerprint density at radius 2 is 2.31 bits per heavy atom. The molecule has 0 saturated heterocycles. The maximum Gasteiger partial charge on any atom is 0.128 e. The third-order valence-corrected chi connectivity index (χ3v) is 2.48. The van der Waals surface area contributed by atoms with Crippen molar-refractivity contribution in [2.75, 3.05) is 0 Å². The lowest BCUT2D eigenvalue weighted by atomic mass is 9.95. The van der Waals surface area contributed by atoms with Crippen molar-refractivity contribution in [1.29, 1.82) is 0 Å². The quantitative estimate of drug-likeness (QED) is 0.661. The molecule has 1 aliphatic heterocycles. The maximum atomic E-state index is 13.4. The van der Waals surface area contributed by atoms with Crippen molar-refractivity contribution in [3.8, 4) is 0 Å². The third-order valence-electron chi connectivity index (χ3n) is 2.48. The van der Waals surface area contributed by atoms with Gasteiger partial charge < -0.3 is 10.5 Å². The van der Waals surface area contributed by atoms with Crippen molar-refractivity contribution < 1.29 is 9.13 Å². The summed E-state index contributed by atoms with van der Waals surface area (Å²) in [6.45, 7) is 2.32. The lowest BCUT2D eigenvalue weighted by Crippen LogP contribution is -2.32. The van der Waals surface area contributed by atoms with E-state index in [1.54, 1.807) is 6.07 Å². The second-order valence-corrected chi connectivity index (χ2v) is 3.35. The molecule has 0 saturated carbocycles. The van der Waals surface area contributed by atoms with E-state index in [4.69, 9.17) is 10.5 Å². The summed E-state index contributed by atoms with van der Waals surface area (Å²) in [4.78, 5) is 0. The molecule has 2 rings (SSSR count). The molecule has 0 fully saturated rings. The second-order valence-electron chi connectivity index (χ2n) is 3.35. The first-order valence-corrected chi connectivity index (χ1v) is 4.34. The van der Waals surface area contributed by atoms with Gasteiger partial charge in [-0.15, -0.1) is 0 Å². The van der Waals surface area contributed by atoms with Gasteiger partial charge in [-0.3, -0.25) is 0 Å². The van der Waals surface area contributed by atoms with E-state index in [1.165, 1.54) is 6.07 Å². The Kier molecular flexibility index (Phi) is 2.06. The van der Waals surface area contributed by atoms with Gasteiger partial charge in [-0.1, -0.05) is 12.1 Å². The fraction of sp³-hybridized carbons (Fsp3) is 0.400. The first-order valence-electron chi connectivity index (χ1n) is 4.34. The molecule has 2 atom stereocenters. The van der Waals surface area contributed by atoms with Crippen LogP contribution in [-0.4, -0.2) is 6.10 Å². The van der Waals surface area contributed by atoms with Gasteiger partial charge in [-0.25, -0.2) is 4.39 Å². The van der Waals surface area contributed by atoms with Gasteiger partial charge in [0, 0.05) is 5.56 Å². The van der Waals surface area contributed by atoms with Gasteiger partial charge in [-0.05, 0) is 18.6 Å².